The molecule has 2 aromatic heterocycles. The fraction of sp³-hybridized carbons (Fsp3) is 0.0417. The Morgan fingerprint density at radius 1 is 0.933 bits per heavy atom. The molecule has 0 saturated carbocycles. The molecule has 0 aliphatic carbocycles. The number of halogens is 1. The van der Waals surface area contributed by atoms with Crippen LogP contribution in [0.25, 0.3) is 39.3 Å². The van der Waals surface area contributed by atoms with E-state index in [0.717, 1.165) is 11.3 Å². The topological polar surface area (TPSA) is 60.9 Å². The van der Waals surface area contributed by atoms with Gasteiger partial charge in [0.15, 0.2) is 0 Å². The van der Waals surface area contributed by atoms with E-state index in [1.165, 1.54) is 12.1 Å². The summed E-state index contributed by atoms with van der Waals surface area (Å²) in [6.07, 6.45) is 1.71. The van der Waals surface area contributed by atoms with Crippen LogP contribution in [-0.4, -0.2) is 14.7 Å². The molecule has 5 nitrogen and oxygen atoms in total. The van der Waals surface area contributed by atoms with E-state index < -0.39 is 0 Å². The first-order chi connectivity index (χ1) is 14.6. The van der Waals surface area contributed by atoms with E-state index in [-0.39, 0.29) is 23.1 Å². The van der Waals surface area contributed by atoms with Crippen LogP contribution in [0, 0.1) is 12.7 Å². The van der Waals surface area contributed by atoms with Gasteiger partial charge in [0.25, 0.3) is 11.4 Å². The smallest absolute Gasteiger partial charge is 0.262 e. The van der Waals surface area contributed by atoms with E-state index in [1.807, 2.05) is 49.4 Å². The predicted molar refractivity (Wildman–Crippen MR) is 113 cm³/mol. The van der Waals surface area contributed by atoms with E-state index in [2.05, 4.69) is 10.1 Å². The molecule has 0 atom stereocenters. The maximum Gasteiger partial charge on any atom is 0.262 e. The molecule has 0 spiro atoms. The maximum atomic E-state index is 13.6. The first-order valence-corrected chi connectivity index (χ1v) is 9.41. The second-order valence-corrected chi connectivity index (χ2v) is 7.03. The number of hydrogen-bond donors (Lipinski definition) is 0. The third kappa shape index (κ3) is 3.08. The van der Waals surface area contributed by atoms with Crippen LogP contribution in [0.3, 0.4) is 0 Å². The molecule has 3 aromatic carbocycles. The Hall–Kier alpha value is -4.06. The molecule has 5 aromatic rings. The Kier molecular flexibility index (Phi) is 4.25. The quantitative estimate of drug-likeness (QED) is 0.422. The van der Waals surface area contributed by atoms with Crippen LogP contribution < -0.4 is 5.56 Å². The number of aryl methyl sites for hydroxylation is 1. The van der Waals surface area contributed by atoms with Crippen molar-refractivity contribution < 1.29 is 8.91 Å². The minimum atomic E-state index is -0.378. The fourth-order valence-electron chi connectivity index (χ4n) is 3.44. The first kappa shape index (κ1) is 18.0. The molecule has 0 saturated heterocycles. The first-order valence-electron chi connectivity index (χ1n) is 9.41. The van der Waals surface area contributed by atoms with E-state index in [9.17, 15) is 9.18 Å². The van der Waals surface area contributed by atoms with Crippen LogP contribution in [0.15, 0.2) is 88.3 Å². The lowest BCUT2D eigenvalue weighted by Gasteiger charge is -2.10. The second-order valence-electron chi connectivity index (χ2n) is 7.03. The van der Waals surface area contributed by atoms with Gasteiger partial charge >= 0.3 is 0 Å². The summed E-state index contributed by atoms with van der Waals surface area (Å²) in [7, 11) is 0. The lowest BCUT2D eigenvalue weighted by molar-refractivity contribution is 0.432. The molecule has 0 fully saturated rings. The van der Waals surface area contributed by atoms with E-state index in [4.69, 9.17) is 4.52 Å². The average molecular weight is 397 g/mol. The molecule has 146 valence electrons. The van der Waals surface area contributed by atoms with Crippen LogP contribution in [-0.2, 0) is 0 Å². The summed E-state index contributed by atoms with van der Waals surface area (Å²) in [5.74, 6) is 0.158. The van der Waals surface area contributed by atoms with Crippen LogP contribution in [0.2, 0.25) is 0 Å². The molecule has 0 N–H and O–H groups in total. The number of nitrogens with zero attached hydrogens (tertiary/aromatic N) is 3. The molecule has 6 heteroatoms. The van der Waals surface area contributed by atoms with Gasteiger partial charge in [0.05, 0.1) is 5.56 Å². The van der Waals surface area contributed by atoms with Crippen molar-refractivity contribution in [3.63, 3.8) is 0 Å². The van der Waals surface area contributed by atoms with Crippen LogP contribution in [0.4, 0.5) is 4.39 Å². The van der Waals surface area contributed by atoms with Gasteiger partial charge in [0.1, 0.15) is 5.82 Å². The molecule has 2 heterocycles. The summed E-state index contributed by atoms with van der Waals surface area (Å²) in [4.78, 5) is 17.6. The van der Waals surface area contributed by atoms with E-state index in [0.29, 0.717) is 21.9 Å². The molecule has 0 amide bonds. The summed E-state index contributed by atoms with van der Waals surface area (Å²) in [5.41, 5.74) is 2.84. The third-order valence-electron chi connectivity index (χ3n) is 4.98. The minimum absolute atomic E-state index is 0.136. The standard InChI is InChI=1S/C24H16FN3O2/c1-15-9-11-18(12-10-15)28-14-21(19-7-2-3-8-20(19)24(28)29)23-26-22(27-30-23)16-5-4-6-17(25)13-16/h2-14H,1H3. The van der Waals surface area contributed by atoms with Gasteiger partial charge in [-0.25, -0.2) is 4.39 Å². The highest BCUT2D eigenvalue weighted by atomic mass is 19.1. The average Bonchev–Trinajstić information content (AvgIpc) is 3.25. The Labute approximate surface area is 171 Å². The van der Waals surface area contributed by atoms with E-state index >= 15 is 0 Å². The highest BCUT2D eigenvalue weighted by Crippen LogP contribution is 2.28. The molecule has 0 radical (unpaired) electrons. The molecule has 0 unspecified atom stereocenters. The van der Waals surface area contributed by atoms with Gasteiger partial charge in [0.2, 0.25) is 5.82 Å². The molecule has 0 aliphatic heterocycles. The maximum absolute atomic E-state index is 13.6. The highest BCUT2D eigenvalue weighted by molar-refractivity contribution is 5.94. The third-order valence-corrected chi connectivity index (χ3v) is 4.98. The second kappa shape index (κ2) is 7.08. The zero-order chi connectivity index (χ0) is 20.7. The Balaban J connectivity index is 1.72. The lowest BCUT2D eigenvalue weighted by Crippen LogP contribution is -2.18. The number of rotatable bonds is 3. The van der Waals surface area contributed by atoms with Gasteiger partial charge in [-0.3, -0.25) is 9.36 Å². The summed E-state index contributed by atoms with van der Waals surface area (Å²) >= 11 is 0. The fourth-order valence-corrected chi connectivity index (χ4v) is 3.44. The normalized spacial score (nSPS) is 11.1. The molecular formula is C24H16FN3O2. The molecule has 5 rings (SSSR count). The van der Waals surface area contributed by atoms with Crippen molar-refractivity contribution in [3.8, 4) is 28.5 Å². The number of pyridine rings is 1. The highest BCUT2D eigenvalue weighted by Gasteiger charge is 2.17. The summed E-state index contributed by atoms with van der Waals surface area (Å²) in [6, 6.07) is 21.0. The SMILES string of the molecule is Cc1ccc(-n2cc(-c3nc(-c4cccc(F)c4)no3)c3ccccc3c2=O)cc1. The van der Waals surface area contributed by atoms with Crippen LogP contribution >= 0.6 is 0 Å². The van der Waals surface area contributed by atoms with Crippen molar-refractivity contribution in [2.75, 3.05) is 0 Å². The van der Waals surface area contributed by atoms with Crippen molar-refractivity contribution in [1.29, 1.82) is 0 Å². The summed E-state index contributed by atoms with van der Waals surface area (Å²) in [6.45, 7) is 1.99. The van der Waals surface area contributed by atoms with Gasteiger partial charge in [-0.05, 0) is 37.3 Å². The largest absolute Gasteiger partial charge is 0.334 e. The molecule has 0 bridgehead atoms. The Morgan fingerprint density at radius 3 is 2.47 bits per heavy atom. The zero-order valence-electron chi connectivity index (χ0n) is 16.0. The minimum Gasteiger partial charge on any atom is -0.334 e. The predicted octanol–water partition coefficient (Wildman–Crippen LogP) is 5.16. The monoisotopic (exact) mass is 397 g/mol. The van der Waals surface area contributed by atoms with Crippen LogP contribution in [0.5, 0.6) is 0 Å². The van der Waals surface area contributed by atoms with E-state index in [1.54, 1.807) is 29.0 Å². The Bertz CT molecular complexity index is 1440. The van der Waals surface area contributed by atoms with Crippen molar-refractivity contribution in [1.82, 2.24) is 14.7 Å². The van der Waals surface area contributed by atoms with Crippen LogP contribution in [0.1, 0.15) is 5.56 Å². The number of hydrogen-bond acceptors (Lipinski definition) is 4. The van der Waals surface area contributed by atoms with Crippen molar-refractivity contribution >= 4 is 10.8 Å². The number of benzene rings is 3. The number of fused-ring (bicyclic) bond motifs is 1. The van der Waals surface area contributed by atoms with Gasteiger partial charge in [-0.1, -0.05) is 53.2 Å². The van der Waals surface area contributed by atoms with Gasteiger partial charge in [-0.15, -0.1) is 0 Å². The zero-order valence-corrected chi connectivity index (χ0v) is 16.0. The number of aromatic nitrogens is 3. The van der Waals surface area contributed by atoms with Gasteiger partial charge in [0, 0.05) is 28.2 Å². The van der Waals surface area contributed by atoms with Crippen molar-refractivity contribution in [2.45, 2.75) is 6.92 Å². The van der Waals surface area contributed by atoms with Crippen molar-refractivity contribution in [2.24, 2.45) is 0 Å². The Morgan fingerprint density at radius 2 is 1.70 bits per heavy atom. The van der Waals surface area contributed by atoms with Gasteiger partial charge in [-0.2, -0.15) is 4.98 Å². The molecular weight excluding hydrogens is 381 g/mol. The summed E-state index contributed by atoms with van der Waals surface area (Å²) in [5, 5.41) is 5.26. The lowest BCUT2D eigenvalue weighted by atomic mass is 10.1. The van der Waals surface area contributed by atoms with Gasteiger partial charge < -0.3 is 4.52 Å². The summed E-state index contributed by atoms with van der Waals surface area (Å²) < 4.78 is 20.7. The molecule has 30 heavy (non-hydrogen) atoms. The van der Waals surface area contributed by atoms with Crippen molar-refractivity contribution in [3.05, 3.63) is 101 Å². The molecule has 0 aliphatic rings.